The first kappa shape index (κ1) is 15.5. The van der Waals surface area contributed by atoms with Crippen LogP contribution in [0.3, 0.4) is 0 Å². The van der Waals surface area contributed by atoms with Crippen LogP contribution in [0, 0.1) is 13.8 Å². The van der Waals surface area contributed by atoms with Crippen molar-refractivity contribution in [3.63, 3.8) is 0 Å². The van der Waals surface area contributed by atoms with Gasteiger partial charge >= 0.3 is 0 Å². The minimum Gasteiger partial charge on any atom is -0.352 e. The molecule has 1 aromatic rings. The van der Waals surface area contributed by atoms with E-state index >= 15 is 0 Å². The molecule has 1 aliphatic carbocycles. The molecule has 0 atom stereocenters. The summed E-state index contributed by atoms with van der Waals surface area (Å²) in [4.78, 5) is 25.5. The number of nitrogens with zero attached hydrogens (tertiary/aromatic N) is 1. The molecule has 0 heterocycles. The van der Waals surface area contributed by atoms with Crippen LogP contribution in [-0.4, -0.2) is 24.4 Å². The Morgan fingerprint density at radius 3 is 2.43 bits per heavy atom. The lowest BCUT2D eigenvalue weighted by molar-refractivity contribution is -0.123. The normalized spacial score (nSPS) is 15.0. The maximum atomic E-state index is 12.1. The average molecular weight is 288 g/mol. The molecule has 1 saturated carbocycles. The van der Waals surface area contributed by atoms with E-state index in [1.165, 1.54) is 30.2 Å². The number of aryl methyl sites for hydroxylation is 2. The van der Waals surface area contributed by atoms with Gasteiger partial charge in [-0.05, 0) is 49.9 Å². The van der Waals surface area contributed by atoms with Crippen molar-refractivity contribution in [3.05, 3.63) is 29.3 Å². The second-order valence-corrected chi connectivity index (χ2v) is 5.92. The molecule has 0 radical (unpaired) electrons. The van der Waals surface area contributed by atoms with Gasteiger partial charge in [0.25, 0.3) is 0 Å². The number of anilines is 1. The molecule has 2 amide bonds. The van der Waals surface area contributed by atoms with Gasteiger partial charge in [-0.1, -0.05) is 18.9 Å². The summed E-state index contributed by atoms with van der Waals surface area (Å²) in [5.74, 6) is -0.185. The number of carbonyl (C=O) groups is 2. The maximum Gasteiger partial charge on any atom is 0.240 e. The summed E-state index contributed by atoms with van der Waals surface area (Å²) in [6.45, 7) is 5.63. The molecule has 1 fully saturated rings. The molecule has 114 valence electrons. The van der Waals surface area contributed by atoms with Gasteiger partial charge in [-0.3, -0.25) is 9.59 Å². The standard InChI is InChI=1S/C17H24N2O2/c1-12-8-9-16(10-13(12)2)19(14(3)20)11-17(21)18-15-6-4-5-7-15/h8-10,15H,4-7,11H2,1-3H3,(H,18,21). The van der Waals surface area contributed by atoms with Gasteiger partial charge in [0.1, 0.15) is 6.54 Å². The molecule has 0 saturated heterocycles. The van der Waals surface area contributed by atoms with E-state index in [1.54, 1.807) is 0 Å². The SMILES string of the molecule is CC(=O)N(CC(=O)NC1CCCC1)c1ccc(C)c(C)c1. The highest BCUT2D eigenvalue weighted by molar-refractivity contribution is 5.97. The van der Waals surface area contributed by atoms with Crippen LogP contribution < -0.4 is 10.2 Å². The Kier molecular flexibility index (Phi) is 4.99. The van der Waals surface area contributed by atoms with Gasteiger partial charge in [0.15, 0.2) is 0 Å². The number of hydrogen-bond donors (Lipinski definition) is 1. The summed E-state index contributed by atoms with van der Waals surface area (Å²) >= 11 is 0. The Balaban J connectivity index is 2.06. The van der Waals surface area contributed by atoms with Gasteiger partial charge in [-0.2, -0.15) is 0 Å². The third-order valence-corrected chi connectivity index (χ3v) is 4.20. The van der Waals surface area contributed by atoms with E-state index in [2.05, 4.69) is 5.32 Å². The Bertz CT molecular complexity index is 534. The lowest BCUT2D eigenvalue weighted by Crippen LogP contribution is -2.43. The summed E-state index contributed by atoms with van der Waals surface area (Å²) in [5.41, 5.74) is 3.08. The first-order valence-corrected chi connectivity index (χ1v) is 7.62. The van der Waals surface area contributed by atoms with E-state index in [9.17, 15) is 9.59 Å². The zero-order chi connectivity index (χ0) is 15.4. The van der Waals surface area contributed by atoms with E-state index in [1.807, 2.05) is 32.0 Å². The number of benzene rings is 1. The highest BCUT2D eigenvalue weighted by Crippen LogP contribution is 2.20. The molecule has 0 bridgehead atoms. The quantitative estimate of drug-likeness (QED) is 0.926. The molecule has 0 aromatic heterocycles. The van der Waals surface area contributed by atoms with E-state index in [0.29, 0.717) is 0 Å². The second kappa shape index (κ2) is 6.74. The number of carbonyl (C=O) groups excluding carboxylic acids is 2. The molecule has 2 rings (SSSR count). The van der Waals surface area contributed by atoms with Crippen LogP contribution in [0.5, 0.6) is 0 Å². The minimum absolute atomic E-state index is 0.0738. The summed E-state index contributed by atoms with van der Waals surface area (Å²) in [7, 11) is 0. The van der Waals surface area contributed by atoms with Gasteiger partial charge in [0.05, 0.1) is 0 Å². The van der Waals surface area contributed by atoms with Crippen molar-refractivity contribution in [1.29, 1.82) is 0 Å². The number of nitrogens with one attached hydrogen (secondary N) is 1. The summed E-state index contributed by atoms with van der Waals surface area (Å²) < 4.78 is 0. The predicted molar refractivity (Wildman–Crippen MR) is 84.3 cm³/mol. The zero-order valence-electron chi connectivity index (χ0n) is 13.1. The number of amides is 2. The molecule has 1 aliphatic rings. The van der Waals surface area contributed by atoms with Gasteiger partial charge in [0.2, 0.25) is 11.8 Å². The van der Waals surface area contributed by atoms with Gasteiger partial charge in [0, 0.05) is 18.7 Å². The largest absolute Gasteiger partial charge is 0.352 e. The van der Waals surface area contributed by atoms with Crippen molar-refractivity contribution in [2.24, 2.45) is 0 Å². The molecule has 0 spiro atoms. The van der Waals surface area contributed by atoms with Crippen LogP contribution in [-0.2, 0) is 9.59 Å². The van der Waals surface area contributed by atoms with Crippen molar-refractivity contribution >= 4 is 17.5 Å². The predicted octanol–water partition coefficient (Wildman–Crippen LogP) is 2.72. The van der Waals surface area contributed by atoms with Crippen LogP contribution in [0.15, 0.2) is 18.2 Å². The van der Waals surface area contributed by atoms with Crippen molar-refractivity contribution in [1.82, 2.24) is 5.32 Å². The summed E-state index contributed by atoms with van der Waals surface area (Å²) in [6.07, 6.45) is 4.46. The van der Waals surface area contributed by atoms with Crippen LogP contribution in [0.2, 0.25) is 0 Å². The monoisotopic (exact) mass is 288 g/mol. The first-order chi connectivity index (χ1) is 9.97. The smallest absolute Gasteiger partial charge is 0.240 e. The fraction of sp³-hybridized carbons (Fsp3) is 0.529. The Morgan fingerprint density at radius 2 is 1.86 bits per heavy atom. The van der Waals surface area contributed by atoms with E-state index in [-0.39, 0.29) is 24.4 Å². The Hall–Kier alpha value is -1.84. The Labute approximate surface area is 126 Å². The third-order valence-electron chi connectivity index (χ3n) is 4.20. The Morgan fingerprint density at radius 1 is 1.19 bits per heavy atom. The topological polar surface area (TPSA) is 49.4 Å². The van der Waals surface area contributed by atoms with Crippen molar-refractivity contribution < 1.29 is 9.59 Å². The second-order valence-electron chi connectivity index (χ2n) is 5.92. The number of hydrogen-bond acceptors (Lipinski definition) is 2. The van der Waals surface area contributed by atoms with Crippen LogP contribution in [0.4, 0.5) is 5.69 Å². The first-order valence-electron chi connectivity index (χ1n) is 7.62. The molecule has 1 aromatic carbocycles. The van der Waals surface area contributed by atoms with Gasteiger partial charge in [-0.25, -0.2) is 0 Å². The van der Waals surface area contributed by atoms with Gasteiger partial charge in [-0.15, -0.1) is 0 Å². The maximum absolute atomic E-state index is 12.1. The van der Waals surface area contributed by atoms with E-state index in [0.717, 1.165) is 24.1 Å². The summed E-state index contributed by atoms with van der Waals surface area (Å²) in [5, 5.41) is 3.03. The molecule has 1 N–H and O–H groups in total. The molecule has 4 nitrogen and oxygen atoms in total. The minimum atomic E-state index is -0.111. The lowest BCUT2D eigenvalue weighted by Gasteiger charge is -2.22. The molecule has 4 heteroatoms. The van der Waals surface area contributed by atoms with E-state index in [4.69, 9.17) is 0 Å². The fourth-order valence-electron chi connectivity index (χ4n) is 2.76. The molecule has 0 aliphatic heterocycles. The molecular formula is C17H24N2O2. The zero-order valence-corrected chi connectivity index (χ0v) is 13.1. The lowest BCUT2D eigenvalue weighted by atomic mass is 10.1. The fourth-order valence-corrected chi connectivity index (χ4v) is 2.76. The highest BCUT2D eigenvalue weighted by atomic mass is 16.2. The van der Waals surface area contributed by atoms with Crippen LogP contribution in [0.1, 0.15) is 43.7 Å². The average Bonchev–Trinajstić information content (AvgIpc) is 2.92. The van der Waals surface area contributed by atoms with Crippen molar-refractivity contribution in [2.75, 3.05) is 11.4 Å². The number of rotatable bonds is 4. The van der Waals surface area contributed by atoms with Crippen molar-refractivity contribution in [3.8, 4) is 0 Å². The third kappa shape index (κ3) is 4.06. The highest BCUT2D eigenvalue weighted by Gasteiger charge is 2.20. The van der Waals surface area contributed by atoms with Crippen molar-refractivity contribution in [2.45, 2.75) is 52.5 Å². The molecule has 0 unspecified atom stereocenters. The van der Waals surface area contributed by atoms with Crippen LogP contribution in [0.25, 0.3) is 0 Å². The molecular weight excluding hydrogens is 264 g/mol. The van der Waals surface area contributed by atoms with Gasteiger partial charge < -0.3 is 10.2 Å². The van der Waals surface area contributed by atoms with Crippen LogP contribution >= 0.6 is 0 Å². The molecule has 21 heavy (non-hydrogen) atoms. The summed E-state index contributed by atoms with van der Waals surface area (Å²) in [6, 6.07) is 6.12. The van der Waals surface area contributed by atoms with E-state index < -0.39 is 0 Å².